The predicted molar refractivity (Wildman–Crippen MR) is 134 cm³/mol. The molecule has 3 aromatic rings. The zero-order chi connectivity index (χ0) is 25.2. The zero-order valence-corrected chi connectivity index (χ0v) is 20.2. The summed E-state index contributed by atoms with van der Waals surface area (Å²) in [6, 6.07) is 20.8. The van der Waals surface area contributed by atoms with E-state index in [1.165, 1.54) is 0 Å². The van der Waals surface area contributed by atoms with Crippen molar-refractivity contribution in [3.8, 4) is 28.4 Å². The molecule has 0 aromatic heterocycles. The average molecular weight is 478 g/mol. The summed E-state index contributed by atoms with van der Waals surface area (Å²) in [6.45, 7) is 2.19. The van der Waals surface area contributed by atoms with Gasteiger partial charge in [-0.15, -0.1) is 0 Å². The van der Waals surface area contributed by atoms with Crippen LogP contribution in [0.15, 0.2) is 66.7 Å². The van der Waals surface area contributed by atoms with Crippen LogP contribution in [0.3, 0.4) is 0 Å². The normalized spacial score (nSPS) is 11.4. The molecule has 7 heteroatoms. The highest BCUT2D eigenvalue weighted by molar-refractivity contribution is 5.94. The van der Waals surface area contributed by atoms with Gasteiger partial charge in [-0.2, -0.15) is 0 Å². The topological polar surface area (TPSA) is 94.1 Å². The van der Waals surface area contributed by atoms with Crippen molar-refractivity contribution >= 4 is 11.9 Å². The number of carboxylic acids is 1. The summed E-state index contributed by atoms with van der Waals surface area (Å²) in [6.07, 6.45) is 1.48. The molecule has 0 radical (unpaired) electrons. The van der Waals surface area contributed by atoms with E-state index in [-0.39, 0.29) is 25.0 Å². The van der Waals surface area contributed by atoms with Gasteiger partial charge in [0.2, 0.25) is 0 Å². The molecule has 35 heavy (non-hydrogen) atoms. The first-order valence-corrected chi connectivity index (χ1v) is 11.5. The van der Waals surface area contributed by atoms with Crippen LogP contribution in [-0.4, -0.2) is 37.7 Å². The number of aliphatic carboxylic acids is 1. The van der Waals surface area contributed by atoms with E-state index in [0.29, 0.717) is 5.56 Å². The number of methoxy groups -OCH3 is 2. The summed E-state index contributed by atoms with van der Waals surface area (Å²) in [5, 5.41) is 11.3. The van der Waals surface area contributed by atoms with Crippen molar-refractivity contribution in [3.63, 3.8) is 0 Å². The van der Waals surface area contributed by atoms with Crippen molar-refractivity contribution in [1.29, 1.82) is 0 Å². The SMILES string of the molecule is CCCC(Oc1ccc(-c2ccc(OC)cc2OC)cc1)c1ccc(C(=O)NCCC(=O)O)cc1. The lowest BCUT2D eigenvalue weighted by Gasteiger charge is -2.20. The molecule has 0 spiro atoms. The van der Waals surface area contributed by atoms with E-state index in [0.717, 1.165) is 46.8 Å². The maximum atomic E-state index is 12.2. The molecule has 2 N–H and O–H groups in total. The van der Waals surface area contributed by atoms with Crippen LogP contribution in [0.2, 0.25) is 0 Å². The number of ether oxygens (including phenoxy) is 3. The molecular weight excluding hydrogens is 446 g/mol. The Morgan fingerprint density at radius 2 is 1.60 bits per heavy atom. The van der Waals surface area contributed by atoms with Gasteiger partial charge < -0.3 is 24.6 Å². The van der Waals surface area contributed by atoms with Crippen LogP contribution in [0.4, 0.5) is 0 Å². The predicted octanol–water partition coefficient (Wildman–Crippen LogP) is 5.50. The number of hydrogen-bond donors (Lipinski definition) is 2. The van der Waals surface area contributed by atoms with E-state index in [2.05, 4.69) is 12.2 Å². The Morgan fingerprint density at radius 1 is 0.914 bits per heavy atom. The van der Waals surface area contributed by atoms with Crippen molar-refractivity contribution in [3.05, 3.63) is 77.9 Å². The van der Waals surface area contributed by atoms with Gasteiger partial charge in [0.15, 0.2) is 0 Å². The molecule has 3 rings (SSSR count). The van der Waals surface area contributed by atoms with Crippen LogP contribution >= 0.6 is 0 Å². The first-order valence-electron chi connectivity index (χ1n) is 11.5. The fourth-order valence-electron chi connectivity index (χ4n) is 3.70. The van der Waals surface area contributed by atoms with E-state index in [1.54, 1.807) is 26.4 Å². The third-order valence-corrected chi connectivity index (χ3v) is 5.57. The lowest BCUT2D eigenvalue weighted by molar-refractivity contribution is -0.136. The van der Waals surface area contributed by atoms with Gasteiger partial charge in [-0.05, 0) is 53.9 Å². The highest BCUT2D eigenvalue weighted by Crippen LogP contribution is 2.35. The molecule has 0 saturated carbocycles. The molecule has 1 atom stereocenters. The first kappa shape index (κ1) is 25.6. The Kier molecular flexibility index (Phi) is 9.12. The van der Waals surface area contributed by atoms with Crippen molar-refractivity contribution in [2.45, 2.75) is 32.3 Å². The molecule has 0 bridgehead atoms. The number of carbonyl (C=O) groups is 2. The first-order chi connectivity index (χ1) is 16.9. The number of nitrogens with one attached hydrogen (secondary N) is 1. The molecule has 3 aromatic carbocycles. The fourth-order valence-corrected chi connectivity index (χ4v) is 3.70. The maximum Gasteiger partial charge on any atom is 0.305 e. The van der Waals surface area contributed by atoms with Gasteiger partial charge >= 0.3 is 5.97 Å². The lowest BCUT2D eigenvalue weighted by Crippen LogP contribution is -2.26. The highest BCUT2D eigenvalue weighted by atomic mass is 16.5. The highest BCUT2D eigenvalue weighted by Gasteiger charge is 2.15. The number of amides is 1. The summed E-state index contributed by atoms with van der Waals surface area (Å²) in [5.41, 5.74) is 3.41. The van der Waals surface area contributed by atoms with Gasteiger partial charge in [0.1, 0.15) is 23.4 Å². The Balaban J connectivity index is 1.70. The minimum atomic E-state index is -0.948. The molecule has 0 heterocycles. The second-order valence-corrected chi connectivity index (χ2v) is 8.01. The summed E-state index contributed by atoms with van der Waals surface area (Å²) in [7, 11) is 3.26. The molecule has 0 saturated heterocycles. The van der Waals surface area contributed by atoms with Gasteiger partial charge in [-0.25, -0.2) is 0 Å². The minimum absolute atomic E-state index is 0.0931. The van der Waals surface area contributed by atoms with Crippen LogP contribution in [0, 0.1) is 0 Å². The van der Waals surface area contributed by atoms with E-state index in [1.807, 2.05) is 54.6 Å². The summed E-state index contributed by atoms with van der Waals surface area (Å²) >= 11 is 0. The molecule has 0 aliphatic rings. The third-order valence-electron chi connectivity index (χ3n) is 5.57. The summed E-state index contributed by atoms with van der Waals surface area (Å²) < 4.78 is 17.1. The Labute approximate surface area is 205 Å². The molecule has 7 nitrogen and oxygen atoms in total. The maximum absolute atomic E-state index is 12.2. The van der Waals surface area contributed by atoms with Gasteiger partial charge in [0.25, 0.3) is 5.91 Å². The average Bonchev–Trinajstić information content (AvgIpc) is 2.88. The van der Waals surface area contributed by atoms with E-state index in [9.17, 15) is 9.59 Å². The Hall–Kier alpha value is -4.00. The second-order valence-electron chi connectivity index (χ2n) is 8.01. The van der Waals surface area contributed by atoms with Crippen LogP contribution in [0.5, 0.6) is 17.2 Å². The molecule has 1 amide bonds. The van der Waals surface area contributed by atoms with Crippen LogP contribution in [-0.2, 0) is 4.79 Å². The second kappa shape index (κ2) is 12.5. The number of benzene rings is 3. The number of carboxylic acid groups (broad SMARTS) is 1. The molecular formula is C28H31NO6. The van der Waals surface area contributed by atoms with Crippen molar-refractivity contribution in [1.82, 2.24) is 5.32 Å². The van der Waals surface area contributed by atoms with Crippen LogP contribution in [0.25, 0.3) is 11.1 Å². The smallest absolute Gasteiger partial charge is 0.305 e. The standard InChI is InChI=1S/C28H31NO6/c1-4-5-25(20-6-8-21(9-7-20)28(32)29-17-16-27(30)31)35-22-12-10-19(11-13-22)24-15-14-23(33-2)18-26(24)34-3/h6-15,18,25H,4-5,16-17H2,1-3H3,(H,29,32)(H,30,31). The number of rotatable bonds is 12. The summed E-state index contributed by atoms with van der Waals surface area (Å²) in [5.74, 6) is 0.965. The quantitative estimate of drug-likeness (QED) is 0.358. The minimum Gasteiger partial charge on any atom is -0.497 e. The van der Waals surface area contributed by atoms with Gasteiger partial charge in [0, 0.05) is 23.7 Å². The fraction of sp³-hybridized carbons (Fsp3) is 0.286. The molecule has 0 fully saturated rings. The lowest BCUT2D eigenvalue weighted by atomic mass is 10.0. The van der Waals surface area contributed by atoms with Gasteiger partial charge in [-0.3, -0.25) is 9.59 Å². The molecule has 1 unspecified atom stereocenters. The van der Waals surface area contributed by atoms with Gasteiger partial charge in [0.05, 0.1) is 20.6 Å². The Morgan fingerprint density at radius 3 is 2.20 bits per heavy atom. The van der Waals surface area contributed by atoms with E-state index >= 15 is 0 Å². The molecule has 0 aliphatic heterocycles. The number of hydrogen-bond acceptors (Lipinski definition) is 5. The molecule has 0 aliphatic carbocycles. The Bertz CT molecular complexity index is 1130. The largest absolute Gasteiger partial charge is 0.497 e. The monoisotopic (exact) mass is 477 g/mol. The summed E-state index contributed by atoms with van der Waals surface area (Å²) in [4.78, 5) is 22.8. The van der Waals surface area contributed by atoms with Crippen LogP contribution in [0.1, 0.15) is 48.2 Å². The van der Waals surface area contributed by atoms with Crippen molar-refractivity contribution in [2.24, 2.45) is 0 Å². The third kappa shape index (κ3) is 6.99. The van der Waals surface area contributed by atoms with Crippen molar-refractivity contribution in [2.75, 3.05) is 20.8 Å². The van der Waals surface area contributed by atoms with E-state index < -0.39 is 5.97 Å². The van der Waals surface area contributed by atoms with E-state index in [4.69, 9.17) is 19.3 Å². The molecule has 184 valence electrons. The van der Waals surface area contributed by atoms with Crippen molar-refractivity contribution < 1.29 is 28.9 Å². The number of carbonyl (C=O) groups excluding carboxylic acids is 1. The van der Waals surface area contributed by atoms with Gasteiger partial charge in [-0.1, -0.05) is 37.6 Å². The van der Waals surface area contributed by atoms with Crippen LogP contribution < -0.4 is 19.5 Å². The zero-order valence-electron chi connectivity index (χ0n) is 20.2.